The van der Waals surface area contributed by atoms with Crippen molar-refractivity contribution in [1.82, 2.24) is 4.31 Å². The van der Waals surface area contributed by atoms with Crippen LogP contribution < -0.4 is 15.0 Å². The molecule has 2 aromatic rings. The second-order valence-electron chi connectivity index (χ2n) is 9.66. The normalized spacial score (nSPS) is 17.2. The van der Waals surface area contributed by atoms with E-state index >= 15 is 0 Å². The van der Waals surface area contributed by atoms with Crippen LogP contribution in [0.2, 0.25) is 0 Å². The van der Waals surface area contributed by atoms with Gasteiger partial charge in [-0.25, -0.2) is 8.42 Å². The van der Waals surface area contributed by atoms with Crippen LogP contribution in [-0.4, -0.2) is 69.1 Å². The lowest BCUT2D eigenvalue weighted by Crippen LogP contribution is -2.40. The van der Waals surface area contributed by atoms with E-state index in [4.69, 9.17) is 9.47 Å². The molecule has 0 aromatic heterocycles. The largest absolute Gasteiger partial charge is 0.489 e. The van der Waals surface area contributed by atoms with Gasteiger partial charge < -0.3 is 19.7 Å². The van der Waals surface area contributed by atoms with Crippen molar-refractivity contribution in [3.8, 4) is 5.75 Å². The number of amides is 1. The highest BCUT2D eigenvalue weighted by atomic mass is 32.2. The molecule has 0 atom stereocenters. The SMILES string of the molecule is CC(C)Oc1ccc(S(=O)(=O)N2CCOCC2)cc1NC(=O)c1ccc(N2CCCCCC2)c([N+](=O)[O-])c1. The molecule has 0 unspecified atom stereocenters. The number of anilines is 2. The third-order valence-corrected chi connectivity index (χ3v) is 8.45. The van der Waals surface area contributed by atoms with Gasteiger partial charge in [0.05, 0.1) is 34.8 Å². The molecule has 206 valence electrons. The Labute approximate surface area is 222 Å². The first kappa shape index (κ1) is 27.8. The second kappa shape index (κ2) is 12.1. The molecule has 2 aliphatic heterocycles. The molecule has 38 heavy (non-hydrogen) atoms. The quantitative estimate of drug-likeness (QED) is 0.388. The van der Waals surface area contributed by atoms with E-state index in [9.17, 15) is 23.3 Å². The van der Waals surface area contributed by atoms with Gasteiger partial charge in [0.25, 0.3) is 11.6 Å². The fraction of sp³-hybridized carbons (Fsp3) is 0.500. The molecule has 0 bridgehead atoms. The van der Waals surface area contributed by atoms with Gasteiger partial charge in [0, 0.05) is 37.8 Å². The number of ether oxygens (including phenoxy) is 2. The minimum atomic E-state index is -3.82. The molecule has 0 spiro atoms. The van der Waals surface area contributed by atoms with Crippen molar-refractivity contribution in [2.24, 2.45) is 0 Å². The summed E-state index contributed by atoms with van der Waals surface area (Å²) in [5.41, 5.74) is 0.613. The molecule has 2 heterocycles. The average Bonchev–Trinajstić information content (AvgIpc) is 3.19. The van der Waals surface area contributed by atoms with Crippen LogP contribution in [0.25, 0.3) is 0 Å². The van der Waals surface area contributed by atoms with E-state index in [1.54, 1.807) is 12.1 Å². The predicted octanol–water partition coefficient (Wildman–Crippen LogP) is 4.04. The van der Waals surface area contributed by atoms with E-state index in [0.717, 1.165) is 38.8 Å². The number of benzene rings is 2. The molecule has 2 fully saturated rings. The lowest BCUT2D eigenvalue weighted by atomic mass is 10.1. The topological polar surface area (TPSA) is 131 Å². The van der Waals surface area contributed by atoms with Crippen LogP contribution in [0.1, 0.15) is 49.9 Å². The van der Waals surface area contributed by atoms with Crippen LogP contribution in [-0.2, 0) is 14.8 Å². The highest BCUT2D eigenvalue weighted by Gasteiger charge is 2.28. The first-order chi connectivity index (χ1) is 18.2. The van der Waals surface area contributed by atoms with Crippen molar-refractivity contribution in [1.29, 1.82) is 0 Å². The lowest BCUT2D eigenvalue weighted by molar-refractivity contribution is -0.384. The summed E-state index contributed by atoms with van der Waals surface area (Å²) >= 11 is 0. The minimum Gasteiger partial charge on any atom is -0.489 e. The lowest BCUT2D eigenvalue weighted by Gasteiger charge is -2.26. The summed E-state index contributed by atoms with van der Waals surface area (Å²) in [5.74, 6) is -0.310. The number of rotatable bonds is 8. The molecule has 0 saturated carbocycles. The zero-order valence-corrected chi connectivity index (χ0v) is 22.5. The maximum atomic E-state index is 13.3. The number of carbonyl (C=O) groups excluding carboxylic acids is 1. The Kier molecular flexibility index (Phi) is 8.85. The summed E-state index contributed by atoms with van der Waals surface area (Å²) in [6.07, 6.45) is 3.86. The number of nitro groups is 1. The van der Waals surface area contributed by atoms with Gasteiger partial charge in [-0.2, -0.15) is 4.31 Å². The van der Waals surface area contributed by atoms with Crippen LogP contribution >= 0.6 is 0 Å². The second-order valence-corrected chi connectivity index (χ2v) is 11.6. The van der Waals surface area contributed by atoms with E-state index in [1.165, 1.54) is 28.6 Å². The average molecular weight is 547 g/mol. The van der Waals surface area contributed by atoms with E-state index in [-0.39, 0.29) is 41.0 Å². The fourth-order valence-corrected chi connectivity index (χ4v) is 6.08. The number of nitrogens with one attached hydrogen (secondary N) is 1. The molecule has 1 N–H and O–H groups in total. The molecule has 12 heteroatoms. The van der Waals surface area contributed by atoms with Crippen LogP contribution in [0, 0.1) is 10.1 Å². The van der Waals surface area contributed by atoms with Crippen LogP contribution in [0.4, 0.5) is 17.1 Å². The van der Waals surface area contributed by atoms with E-state index in [1.807, 2.05) is 18.7 Å². The molecular formula is C26H34N4O7S. The number of hydrogen-bond acceptors (Lipinski definition) is 8. The maximum Gasteiger partial charge on any atom is 0.293 e. The number of nitrogens with zero attached hydrogens (tertiary/aromatic N) is 3. The molecular weight excluding hydrogens is 512 g/mol. The summed E-state index contributed by atoms with van der Waals surface area (Å²) in [4.78, 5) is 26.7. The Balaban J connectivity index is 1.64. The van der Waals surface area contributed by atoms with Crippen molar-refractivity contribution >= 4 is 33.0 Å². The predicted molar refractivity (Wildman–Crippen MR) is 144 cm³/mol. The maximum absolute atomic E-state index is 13.3. The zero-order valence-electron chi connectivity index (χ0n) is 21.7. The monoisotopic (exact) mass is 546 g/mol. The molecule has 1 amide bonds. The molecule has 2 saturated heterocycles. The fourth-order valence-electron chi connectivity index (χ4n) is 4.64. The summed E-state index contributed by atoms with van der Waals surface area (Å²) < 4.78 is 38.8. The standard InChI is InChI=1S/C26H34N4O7S/c1-19(2)37-25-10-8-21(38(34,35)29-13-15-36-16-14-29)18-22(25)27-26(31)20-7-9-23(24(17-20)30(32)33)28-11-5-3-4-6-12-28/h7-10,17-19H,3-6,11-16H2,1-2H3,(H,27,31). The zero-order chi connectivity index (χ0) is 27.3. The van der Waals surface area contributed by atoms with Crippen molar-refractivity contribution in [2.45, 2.75) is 50.5 Å². The molecule has 4 rings (SSSR count). The number of nitro benzene ring substituents is 1. The molecule has 11 nitrogen and oxygen atoms in total. The van der Waals surface area contributed by atoms with Crippen molar-refractivity contribution in [3.05, 3.63) is 52.1 Å². The number of carbonyl (C=O) groups is 1. The molecule has 0 aliphatic carbocycles. The number of hydrogen-bond donors (Lipinski definition) is 1. The van der Waals surface area contributed by atoms with Crippen molar-refractivity contribution in [2.75, 3.05) is 49.6 Å². The van der Waals surface area contributed by atoms with Gasteiger partial charge in [0.2, 0.25) is 10.0 Å². The van der Waals surface area contributed by atoms with Gasteiger partial charge >= 0.3 is 0 Å². The van der Waals surface area contributed by atoms with Crippen LogP contribution in [0.5, 0.6) is 5.75 Å². The summed E-state index contributed by atoms with van der Waals surface area (Å²) in [6, 6.07) is 8.75. The Morgan fingerprint density at radius 3 is 2.34 bits per heavy atom. The summed E-state index contributed by atoms with van der Waals surface area (Å²) in [6.45, 7) is 6.18. The minimum absolute atomic E-state index is 0.00768. The van der Waals surface area contributed by atoms with Crippen molar-refractivity contribution in [3.63, 3.8) is 0 Å². The van der Waals surface area contributed by atoms with Gasteiger partial charge in [-0.3, -0.25) is 14.9 Å². The molecule has 2 aromatic carbocycles. The van der Waals surface area contributed by atoms with Crippen LogP contribution in [0.15, 0.2) is 41.3 Å². The van der Waals surface area contributed by atoms with Crippen molar-refractivity contribution < 1.29 is 27.6 Å². The Bertz CT molecular complexity index is 1270. The summed E-state index contributed by atoms with van der Waals surface area (Å²) in [5, 5.41) is 14.6. The van der Waals surface area contributed by atoms with Gasteiger partial charge in [-0.1, -0.05) is 12.8 Å². The van der Waals surface area contributed by atoms with E-state index in [0.29, 0.717) is 24.7 Å². The number of sulfonamides is 1. The smallest absolute Gasteiger partial charge is 0.293 e. The highest BCUT2D eigenvalue weighted by molar-refractivity contribution is 7.89. The van der Waals surface area contributed by atoms with Gasteiger partial charge in [-0.05, 0) is 57.0 Å². The Morgan fingerprint density at radius 2 is 1.71 bits per heavy atom. The Morgan fingerprint density at radius 1 is 1.03 bits per heavy atom. The molecule has 0 radical (unpaired) electrons. The highest BCUT2D eigenvalue weighted by Crippen LogP contribution is 2.33. The molecule has 2 aliphatic rings. The number of morpholine rings is 1. The van der Waals surface area contributed by atoms with Gasteiger partial charge in [0.1, 0.15) is 11.4 Å². The Hall–Kier alpha value is -3.22. The third kappa shape index (κ3) is 6.43. The first-order valence-electron chi connectivity index (χ1n) is 12.9. The van der Waals surface area contributed by atoms with Crippen LogP contribution in [0.3, 0.4) is 0 Å². The van der Waals surface area contributed by atoms with E-state index in [2.05, 4.69) is 5.32 Å². The van der Waals surface area contributed by atoms with Gasteiger partial charge in [0.15, 0.2) is 0 Å². The van der Waals surface area contributed by atoms with E-state index < -0.39 is 20.9 Å². The summed E-state index contributed by atoms with van der Waals surface area (Å²) in [7, 11) is -3.82. The third-order valence-electron chi connectivity index (χ3n) is 6.55. The first-order valence-corrected chi connectivity index (χ1v) is 14.3. The van der Waals surface area contributed by atoms with Gasteiger partial charge in [-0.15, -0.1) is 0 Å².